The van der Waals surface area contributed by atoms with Crippen LogP contribution in [-0.4, -0.2) is 34.6 Å². The Bertz CT molecular complexity index is 850. The van der Waals surface area contributed by atoms with E-state index in [-0.39, 0.29) is 17.7 Å². The number of benzene rings is 1. The molecule has 0 radical (unpaired) electrons. The van der Waals surface area contributed by atoms with E-state index in [0.29, 0.717) is 11.5 Å². The molecule has 2 heterocycles. The molecule has 0 saturated carbocycles. The highest BCUT2D eigenvalue weighted by atomic mass is 16.5. The topological polar surface area (TPSA) is 93.7 Å². The summed E-state index contributed by atoms with van der Waals surface area (Å²) in [6.07, 6.45) is 1.43. The molecule has 1 aromatic heterocycles. The minimum Gasteiger partial charge on any atom is -0.496 e. The van der Waals surface area contributed by atoms with Crippen LogP contribution in [0.5, 0.6) is 17.5 Å². The second kappa shape index (κ2) is 6.04. The van der Waals surface area contributed by atoms with Gasteiger partial charge < -0.3 is 14.8 Å². The van der Waals surface area contributed by atoms with Gasteiger partial charge in [0.15, 0.2) is 5.82 Å². The summed E-state index contributed by atoms with van der Waals surface area (Å²) in [5.41, 5.74) is -0.0148. The number of hydrogen-bond acceptors (Lipinski definition) is 6. The molecular weight excluding hydrogens is 324 g/mol. The zero-order chi connectivity index (χ0) is 18.2. The Labute approximate surface area is 144 Å². The Morgan fingerprint density at radius 1 is 1.20 bits per heavy atom. The number of aromatic nitrogens is 2. The van der Waals surface area contributed by atoms with Gasteiger partial charge >= 0.3 is 12.0 Å². The molecular formula is C17H18N4O4. The van der Waals surface area contributed by atoms with Gasteiger partial charge in [-0.3, -0.25) is 4.79 Å². The molecule has 25 heavy (non-hydrogen) atoms. The number of anilines is 1. The highest BCUT2D eigenvalue weighted by molar-refractivity contribution is 6.22. The maximum atomic E-state index is 12.4. The third-order valence-corrected chi connectivity index (χ3v) is 3.80. The third-order valence-electron chi connectivity index (χ3n) is 3.80. The number of imide groups is 1. The first kappa shape index (κ1) is 16.7. The molecule has 3 rings (SSSR count). The fraction of sp³-hybridized carbons (Fsp3) is 0.294. The predicted octanol–water partition coefficient (Wildman–Crippen LogP) is 2.42. The van der Waals surface area contributed by atoms with Crippen LogP contribution in [0.25, 0.3) is 0 Å². The van der Waals surface area contributed by atoms with Crippen LogP contribution < -0.4 is 19.7 Å². The van der Waals surface area contributed by atoms with Crippen LogP contribution in [0.4, 0.5) is 10.6 Å². The number of ether oxygens (including phenoxy) is 2. The van der Waals surface area contributed by atoms with Crippen LogP contribution in [0.3, 0.4) is 0 Å². The molecule has 0 aliphatic carbocycles. The molecule has 8 nitrogen and oxygen atoms in total. The van der Waals surface area contributed by atoms with Gasteiger partial charge in [0.2, 0.25) is 0 Å². The maximum absolute atomic E-state index is 12.4. The molecule has 2 aromatic rings. The minimum atomic E-state index is -0.979. The van der Waals surface area contributed by atoms with Gasteiger partial charge in [0.25, 0.3) is 5.91 Å². The van der Waals surface area contributed by atoms with Gasteiger partial charge in [0.05, 0.1) is 7.11 Å². The molecule has 0 bridgehead atoms. The summed E-state index contributed by atoms with van der Waals surface area (Å²) in [4.78, 5) is 33.6. The molecule has 0 atom stereocenters. The highest BCUT2D eigenvalue weighted by Crippen LogP contribution is 2.28. The third kappa shape index (κ3) is 3.10. The first-order valence-corrected chi connectivity index (χ1v) is 7.64. The van der Waals surface area contributed by atoms with Crippen molar-refractivity contribution < 1.29 is 19.1 Å². The molecule has 1 aliphatic heterocycles. The van der Waals surface area contributed by atoms with E-state index in [1.165, 1.54) is 12.3 Å². The maximum Gasteiger partial charge on any atom is 0.330 e. The van der Waals surface area contributed by atoms with Crippen LogP contribution in [-0.2, 0) is 4.79 Å². The lowest BCUT2D eigenvalue weighted by molar-refractivity contribution is -0.121. The van der Waals surface area contributed by atoms with Crippen molar-refractivity contribution in [3.8, 4) is 17.5 Å². The van der Waals surface area contributed by atoms with Gasteiger partial charge in [-0.2, -0.15) is 4.98 Å². The van der Waals surface area contributed by atoms with E-state index >= 15 is 0 Å². The van der Waals surface area contributed by atoms with Crippen LogP contribution in [0.15, 0.2) is 30.5 Å². The average Bonchev–Trinajstić information content (AvgIpc) is 2.77. The average molecular weight is 342 g/mol. The zero-order valence-corrected chi connectivity index (χ0v) is 14.4. The minimum absolute atomic E-state index is 0.0220. The second-order valence-corrected chi connectivity index (χ2v) is 6.13. The summed E-state index contributed by atoms with van der Waals surface area (Å²) in [5, 5.41) is 2.60. The molecule has 3 amide bonds. The van der Waals surface area contributed by atoms with Crippen molar-refractivity contribution >= 4 is 17.8 Å². The van der Waals surface area contributed by atoms with Gasteiger partial charge in [0, 0.05) is 18.3 Å². The molecule has 0 unspecified atom stereocenters. The number of rotatable bonds is 4. The zero-order valence-electron chi connectivity index (χ0n) is 14.4. The molecule has 8 heteroatoms. The molecule has 1 aromatic carbocycles. The Morgan fingerprint density at radius 2 is 1.96 bits per heavy atom. The van der Waals surface area contributed by atoms with E-state index in [2.05, 4.69) is 15.3 Å². The Hall–Kier alpha value is -3.16. The van der Waals surface area contributed by atoms with E-state index in [4.69, 9.17) is 9.47 Å². The van der Waals surface area contributed by atoms with Crippen molar-refractivity contribution in [3.63, 3.8) is 0 Å². The van der Waals surface area contributed by atoms with Gasteiger partial charge in [0.1, 0.15) is 17.0 Å². The number of methoxy groups -OCH3 is 1. The van der Waals surface area contributed by atoms with Crippen molar-refractivity contribution in [3.05, 3.63) is 36.0 Å². The summed E-state index contributed by atoms with van der Waals surface area (Å²) in [7, 11) is 1.57. The Kier molecular flexibility index (Phi) is 4.03. The molecule has 0 spiro atoms. The molecule has 1 aliphatic rings. The summed E-state index contributed by atoms with van der Waals surface area (Å²) in [5.74, 6) is 0.915. The van der Waals surface area contributed by atoms with Gasteiger partial charge in [-0.1, -0.05) is 6.07 Å². The Morgan fingerprint density at radius 3 is 2.60 bits per heavy atom. The number of hydrogen-bond donors (Lipinski definition) is 1. The number of urea groups is 1. The molecule has 1 N–H and O–H groups in total. The number of nitrogens with zero attached hydrogens (tertiary/aromatic N) is 3. The molecule has 130 valence electrons. The fourth-order valence-electron chi connectivity index (χ4n) is 2.43. The van der Waals surface area contributed by atoms with Crippen molar-refractivity contribution in [2.45, 2.75) is 26.3 Å². The summed E-state index contributed by atoms with van der Waals surface area (Å²) in [6.45, 7) is 5.17. The van der Waals surface area contributed by atoms with Crippen LogP contribution in [0.1, 0.15) is 19.4 Å². The van der Waals surface area contributed by atoms with Crippen molar-refractivity contribution in [1.82, 2.24) is 15.3 Å². The van der Waals surface area contributed by atoms with Crippen LogP contribution in [0.2, 0.25) is 0 Å². The normalized spacial score (nSPS) is 15.9. The standard InChI is InChI=1S/C17H18N4O4/c1-10-5-6-11(9-12(10)24-4)25-15-18-8-7-13(19-15)21-14(22)17(2,3)20-16(21)23/h5-9H,1-4H3,(H,20,23). The van der Waals surface area contributed by atoms with E-state index in [0.717, 1.165) is 10.5 Å². The van der Waals surface area contributed by atoms with Crippen molar-refractivity contribution in [2.75, 3.05) is 12.0 Å². The number of nitrogens with one attached hydrogen (secondary N) is 1. The smallest absolute Gasteiger partial charge is 0.330 e. The first-order chi connectivity index (χ1) is 11.8. The van der Waals surface area contributed by atoms with Gasteiger partial charge in [-0.05, 0) is 32.4 Å². The van der Waals surface area contributed by atoms with E-state index in [1.54, 1.807) is 33.1 Å². The van der Waals surface area contributed by atoms with Crippen molar-refractivity contribution in [1.29, 1.82) is 0 Å². The van der Waals surface area contributed by atoms with Crippen LogP contribution in [0, 0.1) is 6.92 Å². The summed E-state index contributed by atoms with van der Waals surface area (Å²) < 4.78 is 10.9. The number of amides is 3. The quantitative estimate of drug-likeness (QED) is 0.858. The highest BCUT2D eigenvalue weighted by Gasteiger charge is 2.45. The lowest BCUT2D eigenvalue weighted by atomic mass is 10.1. The fourth-order valence-corrected chi connectivity index (χ4v) is 2.43. The lowest BCUT2D eigenvalue weighted by Gasteiger charge is -2.15. The predicted molar refractivity (Wildman–Crippen MR) is 89.9 cm³/mol. The van der Waals surface area contributed by atoms with Gasteiger partial charge in [-0.15, -0.1) is 0 Å². The van der Waals surface area contributed by atoms with E-state index < -0.39 is 11.6 Å². The monoisotopic (exact) mass is 342 g/mol. The summed E-state index contributed by atoms with van der Waals surface area (Å²) >= 11 is 0. The number of aryl methyl sites for hydroxylation is 1. The van der Waals surface area contributed by atoms with E-state index in [1.807, 2.05) is 13.0 Å². The van der Waals surface area contributed by atoms with Crippen molar-refractivity contribution in [2.24, 2.45) is 0 Å². The number of carbonyl (C=O) groups excluding carboxylic acids is 2. The number of carbonyl (C=O) groups is 2. The molecule has 1 saturated heterocycles. The van der Waals surface area contributed by atoms with Gasteiger partial charge in [-0.25, -0.2) is 14.7 Å². The lowest BCUT2D eigenvalue weighted by Crippen LogP contribution is -2.40. The second-order valence-electron chi connectivity index (χ2n) is 6.13. The SMILES string of the molecule is COc1cc(Oc2nccc(N3C(=O)NC(C)(C)C3=O)n2)ccc1C. The summed E-state index contributed by atoms with van der Waals surface area (Å²) in [6, 6.07) is 6.28. The van der Waals surface area contributed by atoms with E-state index in [9.17, 15) is 9.59 Å². The Balaban J connectivity index is 1.88. The van der Waals surface area contributed by atoms with Crippen LogP contribution >= 0.6 is 0 Å². The molecule has 1 fully saturated rings. The first-order valence-electron chi connectivity index (χ1n) is 7.64. The largest absolute Gasteiger partial charge is 0.496 e.